The number of amides is 1. The van der Waals surface area contributed by atoms with Gasteiger partial charge in [-0.1, -0.05) is 11.8 Å². The Morgan fingerprint density at radius 3 is 3.20 bits per heavy atom. The maximum absolute atomic E-state index is 12.5. The predicted molar refractivity (Wildman–Crippen MR) is 80.7 cm³/mol. The van der Waals surface area contributed by atoms with Gasteiger partial charge in [0.15, 0.2) is 0 Å². The maximum Gasteiger partial charge on any atom is 0.273 e. The van der Waals surface area contributed by atoms with Crippen molar-refractivity contribution in [1.29, 1.82) is 0 Å². The van der Waals surface area contributed by atoms with Crippen molar-refractivity contribution in [3.8, 4) is 11.8 Å². The van der Waals surface area contributed by atoms with Crippen LogP contribution in [0.1, 0.15) is 28.9 Å². The van der Waals surface area contributed by atoms with E-state index in [2.05, 4.69) is 16.8 Å². The highest BCUT2D eigenvalue weighted by molar-refractivity contribution is 7.99. The first kappa shape index (κ1) is 14.9. The smallest absolute Gasteiger partial charge is 0.273 e. The number of aliphatic hydroxyl groups is 1. The van der Waals surface area contributed by atoms with Crippen LogP contribution in [0.3, 0.4) is 0 Å². The fourth-order valence-electron chi connectivity index (χ4n) is 1.99. The zero-order chi connectivity index (χ0) is 14.2. The number of carbonyl (C=O) groups excluding carboxylic acids is 1. The van der Waals surface area contributed by atoms with E-state index in [0.29, 0.717) is 17.7 Å². The van der Waals surface area contributed by atoms with Gasteiger partial charge in [-0.25, -0.2) is 4.98 Å². The van der Waals surface area contributed by atoms with E-state index < -0.39 is 0 Å². The van der Waals surface area contributed by atoms with Gasteiger partial charge in [0.25, 0.3) is 5.91 Å². The fraction of sp³-hybridized carbons (Fsp3) is 0.467. The number of pyridine rings is 1. The SMILES string of the molecule is O=C(c1ncccc1C#CCCO)N1CCCSCC1. The van der Waals surface area contributed by atoms with Crippen molar-refractivity contribution in [3.63, 3.8) is 0 Å². The molecule has 5 heteroatoms. The number of hydrogen-bond acceptors (Lipinski definition) is 4. The van der Waals surface area contributed by atoms with E-state index in [1.54, 1.807) is 18.3 Å². The Bertz CT molecular complexity index is 514. The summed E-state index contributed by atoms with van der Waals surface area (Å²) in [7, 11) is 0. The van der Waals surface area contributed by atoms with Crippen molar-refractivity contribution < 1.29 is 9.90 Å². The van der Waals surface area contributed by atoms with Crippen LogP contribution in [0.25, 0.3) is 0 Å². The van der Waals surface area contributed by atoms with Crippen molar-refractivity contribution in [3.05, 3.63) is 29.6 Å². The first-order valence-corrected chi connectivity index (χ1v) is 7.90. The highest BCUT2D eigenvalue weighted by Crippen LogP contribution is 2.14. The standard InChI is InChI=1S/C15H18N2O2S/c18-10-2-1-5-13-6-3-7-16-14(13)15(19)17-8-4-11-20-12-9-17/h3,6-7,18H,2,4,8-12H2. The molecule has 0 aliphatic carbocycles. The van der Waals surface area contributed by atoms with Gasteiger partial charge in [0.2, 0.25) is 0 Å². The van der Waals surface area contributed by atoms with Crippen molar-refractivity contribution in [1.82, 2.24) is 9.88 Å². The third-order valence-electron chi connectivity index (χ3n) is 2.98. The second kappa shape index (κ2) is 7.93. The van der Waals surface area contributed by atoms with Crippen molar-refractivity contribution in [2.45, 2.75) is 12.8 Å². The lowest BCUT2D eigenvalue weighted by atomic mass is 10.1. The summed E-state index contributed by atoms with van der Waals surface area (Å²) in [6.45, 7) is 1.58. The molecule has 4 nitrogen and oxygen atoms in total. The lowest BCUT2D eigenvalue weighted by Crippen LogP contribution is -2.34. The van der Waals surface area contributed by atoms with Gasteiger partial charge in [-0.2, -0.15) is 11.8 Å². The van der Waals surface area contributed by atoms with Gasteiger partial charge in [0, 0.05) is 31.5 Å². The topological polar surface area (TPSA) is 53.4 Å². The van der Waals surface area contributed by atoms with Crippen LogP contribution >= 0.6 is 11.8 Å². The second-order valence-electron chi connectivity index (χ2n) is 4.43. The summed E-state index contributed by atoms with van der Waals surface area (Å²) < 4.78 is 0. The minimum Gasteiger partial charge on any atom is -0.395 e. The largest absolute Gasteiger partial charge is 0.395 e. The summed E-state index contributed by atoms with van der Waals surface area (Å²) in [5.41, 5.74) is 1.06. The molecule has 1 amide bonds. The van der Waals surface area contributed by atoms with Crippen LogP contribution in [-0.4, -0.2) is 52.1 Å². The number of nitrogens with zero attached hydrogens (tertiary/aromatic N) is 2. The van der Waals surface area contributed by atoms with Gasteiger partial charge in [0.1, 0.15) is 5.69 Å². The number of aliphatic hydroxyl groups excluding tert-OH is 1. The molecule has 1 aromatic heterocycles. The van der Waals surface area contributed by atoms with Gasteiger partial charge in [-0.05, 0) is 24.3 Å². The minimum absolute atomic E-state index is 0.0277. The van der Waals surface area contributed by atoms with Crippen LogP contribution in [0.4, 0.5) is 0 Å². The number of thioether (sulfide) groups is 1. The monoisotopic (exact) mass is 290 g/mol. The summed E-state index contributed by atoms with van der Waals surface area (Å²) in [5, 5.41) is 8.76. The second-order valence-corrected chi connectivity index (χ2v) is 5.66. The third-order valence-corrected chi connectivity index (χ3v) is 4.03. The summed E-state index contributed by atoms with van der Waals surface area (Å²) in [6.07, 6.45) is 3.05. The van der Waals surface area contributed by atoms with E-state index in [1.165, 1.54) is 0 Å². The molecule has 1 fully saturated rings. The first-order valence-electron chi connectivity index (χ1n) is 6.74. The van der Waals surface area contributed by atoms with E-state index >= 15 is 0 Å². The third kappa shape index (κ3) is 3.99. The molecule has 1 saturated heterocycles. The Balaban J connectivity index is 2.18. The number of rotatable bonds is 2. The van der Waals surface area contributed by atoms with Crippen molar-refractivity contribution in [2.24, 2.45) is 0 Å². The Morgan fingerprint density at radius 2 is 2.35 bits per heavy atom. The lowest BCUT2D eigenvalue weighted by molar-refractivity contribution is 0.0762. The Hall–Kier alpha value is -1.51. The van der Waals surface area contributed by atoms with Gasteiger partial charge in [0.05, 0.1) is 12.2 Å². The Kier molecular flexibility index (Phi) is 5.90. The normalized spacial score (nSPS) is 15.2. The molecule has 1 aliphatic rings. The van der Waals surface area contributed by atoms with Crippen LogP contribution < -0.4 is 0 Å². The van der Waals surface area contributed by atoms with E-state index in [0.717, 1.165) is 31.0 Å². The molecule has 0 radical (unpaired) electrons. The summed E-state index contributed by atoms with van der Waals surface area (Å²) in [5.74, 6) is 7.81. The molecule has 0 spiro atoms. The Morgan fingerprint density at radius 1 is 1.45 bits per heavy atom. The van der Waals surface area contributed by atoms with Crippen LogP contribution in [-0.2, 0) is 0 Å². The van der Waals surface area contributed by atoms with E-state index in [-0.39, 0.29) is 12.5 Å². The molecule has 106 valence electrons. The molecular weight excluding hydrogens is 272 g/mol. The zero-order valence-corrected chi connectivity index (χ0v) is 12.2. The van der Waals surface area contributed by atoms with E-state index in [1.807, 2.05) is 16.7 Å². The van der Waals surface area contributed by atoms with Crippen molar-refractivity contribution in [2.75, 3.05) is 31.2 Å². The van der Waals surface area contributed by atoms with Gasteiger partial charge >= 0.3 is 0 Å². The van der Waals surface area contributed by atoms with Gasteiger partial charge in [-0.3, -0.25) is 4.79 Å². The molecule has 0 unspecified atom stereocenters. The Labute approximate surface area is 123 Å². The highest BCUT2D eigenvalue weighted by Gasteiger charge is 2.20. The average Bonchev–Trinajstić information content (AvgIpc) is 2.76. The summed E-state index contributed by atoms with van der Waals surface area (Å²) in [6, 6.07) is 3.58. The van der Waals surface area contributed by atoms with Crippen LogP contribution in [0, 0.1) is 11.8 Å². The van der Waals surface area contributed by atoms with Crippen LogP contribution in [0.2, 0.25) is 0 Å². The van der Waals surface area contributed by atoms with Crippen LogP contribution in [0.15, 0.2) is 18.3 Å². The van der Waals surface area contributed by atoms with Gasteiger partial charge in [-0.15, -0.1) is 0 Å². The lowest BCUT2D eigenvalue weighted by Gasteiger charge is -2.19. The molecule has 1 aromatic rings. The van der Waals surface area contributed by atoms with E-state index in [4.69, 9.17) is 5.11 Å². The molecule has 1 N–H and O–H groups in total. The molecule has 20 heavy (non-hydrogen) atoms. The molecular formula is C15H18N2O2S. The average molecular weight is 290 g/mol. The summed E-state index contributed by atoms with van der Waals surface area (Å²) in [4.78, 5) is 18.6. The number of aromatic nitrogens is 1. The molecule has 0 aromatic carbocycles. The summed E-state index contributed by atoms with van der Waals surface area (Å²) >= 11 is 1.88. The van der Waals surface area contributed by atoms with Gasteiger partial charge < -0.3 is 10.0 Å². The highest BCUT2D eigenvalue weighted by atomic mass is 32.2. The molecule has 1 aliphatic heterocycles. The predicted octanol–water partition coefficient (Wildman–Crippen LogP) is 1.39. The molecule has 0 saturated carbocycles. The molecule has 2 heterocycles. The first-order chi connectivity index (χ1) is 9.83. The maximum atomic E-state index is 12.5. The molecule has 0 bridgehead atoms. The van der Waals surface area contributed by atoms with E-state index in [9.17, 15) is 4.79 Å². The fourth-order valence-corrected chi connectivity index (χ4v) is 2.88. The molecule has 2 rings (SSSR count). The minimum atomic E-state index is -0.0404. The quantitative estimate of drug-likeness (QED) is 0.837. The van der Waals surface area contributed by atoms with Crippen LogP contribution in [0.5, 0.6) is 0 Å². The zero-order valence-electron chi connectivity index (χ0n) is 11.3. The number of hydrogen-bond donors (Lipinski definition) is 1. The van der Waals surface area contributed by atoms with Crippen molar-refractivity contribution >= 4 is 17.7 Å². The molecule has 0 atom stereocenters. The number of carbonyl (C=O) groups is 1.